The fourth-order valence-corrected chi connectivity index (χ4v) is 6.18. The Labute approximate surface area is 204 Å². The van der Waals surface area contributed by atoms with Crippen molar-refractivity contribution < 1.29 is 14.0 Å². The number of carbonyl (C=O) groups is 2. The first-order valence-corrected chi connectivity index (χ1v) is 12.5. The third-order valence-electron chi connectivity index (χ3n) is 8.04. The molecular formula is C26H31FN6O2. The molecule has 5 unspecified atom stereocenters. The van der Waals surface area contributed by atoms with Crippen LogP contribution in [0.4, 0.5) is 10.1 Å². The van der Waals surface area contributed by atoms with Gasteiger partial charge in [-0.1, -0.05) is 30.3 Å². The van der Waals surface area contributed by atoms with E-state index in [0.717, 1.165) is 25.1 Å². The number of amides is 2. The zero-order valence-electron chi connectivity index (χ0n) is 19.6. The highest BCUT2D eigenvalue weighted by atomic mass is 19.1. The van der Waals surface area contributed by atoms with E-state index in [0.29, 0.717) is 25.9 Å². The summed E-state index contributed by atoms with van der Waals surface area (Å²) in [7, 11) is 0. The molecule has 0 aromatic heterocycles. The van der Waals surface area contributed by atoms with Gasteiger partial charge in [-0.15, -0.1) is 0 Å². The summed E-state index contributed by atoms with van der Waals surface area (Å²) in [5, 5.41) is 5.15. The van der Waals surface area contributed by atoms with Crippen molar-refractivity contribution in [3.05, 3.63) is 66.0 Å². The molecule has 184 valence electrons. The first-order chi connectivity index (χ1) is 17.1. The standard InChI is InChI=1S/C26H31FN6O2/c27-19-6-4-5-17(15-19)23-24-28-25(34)21-10-9-18(16-22(21)33(24)30-29-23)26(35)32-13-11-31(12-14-32)20-7-2-1-3-8-20/h1-8,15,18,21-24,29-30H,9-14,16H2,(H,28,34). The number of hydrazine groups is 2. The van der Waals surface area contributed by atoms with Gasteiger partial charge in [-0.2, -0.15) is 5.53 Å². The molecule has 0 bridgehead atoms. The van der Waals surface area contributed by atoms with Crippen molar-refractivity contribution in [3.8, 4) is 0 Å². The second kappa shape index (κ2) is 9.22. The van der Waals surface area contributed by atoms with Crippen LogP contribution in [0.5, 0.6) is 0 Å². The Morgan fingerprint density at radius 1 is 0.971 bits per heavy atom. The quantitative estimate of drug-likeness (QED) is 0.624. The maximum Gasteiger partial charge on any atom is 0.226 e. The Hall–Kier alpha value is -3.01. The van der Waals surface area contributed by atoms with E-state index in [9.17, 15) is 14.0 Å². The minimum Gasteiger partial charge on any atom is -0.368 e. The lowest BCUT2D eigenvalue weighted by atomic mass is 9.75. The number of halogens is 1. The fraction of sp³-hybridized carbons (Fsp3) is 0.462. The van der Waals surface area contributed by atoms with Crippen molar-refractivity contribution in [1.82, 2.24) is 26.2 Å². The monoisotopic (exact) mass is 478 g/mol. The van der Waals surface area contributed by atoms with Gasteiger partial charge in [0.1, 0.15) is 12.0 Å². The van der Waals surface area contributed by atoms with Crippen LogP contribution in [0.2, 0.25) is 0 Å². The number of carbonyl (C=O) groups excluding carboxylic acids is 2. The van der Waals surface area contributed by atoms with Crippen LogP contribution in [-0.2, 0) is 9.59 Å². The van der Waals surface area contributed by atoms with Gasteiger partial charge in [0, 0.05) is 43.8 Å². The maximum absolute atomic E-state index is 13.8. The number of nitrogens with zero attached hydrogens (tertiary/aromatic N) is 3. The molecular weight excluding hydrogens is 447 g/mol. The number of anilines is 1. The third-order valence-corrected chi connectivity index (χ3v) is 8.04. The van der Waals surface area contributed by atoms with E-state index in [1.165, 1.54) is 17.8 Å². The number of para-hydroxylation sites is 1. The lowest BCUT2D eigenvalue weighted by molar-refractivity contribution is -0.147. The summed E-state index contributed by atoms with van der Waals surface area (Å²) in [6.07, 6.45) is 1.71. The highest BCUT2D eigenvalue weighted by Crippen LogP contribution is 2.39. The molecule has 35 heavy (non-hydrogen) atoms. The Kier molecular flexibility index (Phi) is 5.91. The van der Waals surface area contributed by atoms with E-state index >= 15 is 0 Å². The van der Waals surface area contributed by atoms with Crippen LogP contribution in [0.25, 0.3) is 0 Å². The third kappa shape index (κ3) is 4.17. The lowest BCUT2D eigenvalue weighted by Crippen LogP contribution is -2.66. The van der Waals surface area contributed by atoms with E-state index in [4.69, 9.17) is 0 Å². The van der Waals surface area contributed by atoms with Crippen molar-refractivity contribution in [3.63, 3.8) is 0 Å². The lowest BCUT2D eigenvalue weighted by Gasteiger charge is -2.47. The van der Waals surface area contributed by atoms with Gasteiger partial charge in [0.15, 0.2) is 0 Å². The van der Waals surface area contributed by atoms with Gasteiger partial charge in [-0.25, -0.2) is 14.8 Å². The molecule has 3 aliphatic heterocycles. The van der Waals surface area contributed by atoms with Crippen molar-refractivity contribution >= 4 is 17.5 Å². The van der Waals surface area contributed by atoms with E-state index in [2.05, 4.69) is 33.3 Å². The number of piperazine rings is 1. The van der Waals surface area contributed by atoms with Gasteiger partial charge in [0.25, 0.3) is 0 Å². The summed E-state index contributed by atoms with van der Waals surface area (Å²) in [4.78, 5) is 30.8. The summed E-state index contributed by atoms with van der Waals surface area (Å²) in [6, 6.07) is 16.4. The summed E-state index contributed by atoms with van der Waals surface area (Å²) >= 11 is 0. The molecule has 5 atom stereocenters. The molecule has 4 aliphatic rings. The largest absolute Gasteiger partial charge is 0.368 e. The maximum atomic E-state index is 13.8. The summed E-state index contributed by atoms with van der Waals surface area (Å²) < 4.78 is 13.8. The zero-order valence-corrected chi connectivity index (χ0v) is 19.6. The van der Waals surface area contributed by atoms with E-state index in [1.807, 2.05) is 34.2 Å². The summed E-state index contributed by atoms with van der Waals surface area (Å²) in [5.74, 6) is -0.344. The highest BCUT2D eigenvalue weighted by Gasteiger charge is 2.51. The molecule has 3 heterocycles. The number of nitrogens with one attached hydrogen (secondary N) is 3. The Morgan fingerprint density at radius 3 is 2.54 bits per heavy atom. The van der Waals surface area contributed by atoms with Gasteiger partial charge < -0.3 is 15.1 Å². The molecule has 2 amide bonds. The van der Waals surface area contributed by atoms with Crippen LogP contribution in [0, 0.1) is 17.7 Å². The predicted octanol–water partition coefficient (Wildman–Crippen LogP) is 1.78. The number of fused-ring (bicyclic) bond motifs is 3. The SMILES string of the molecule is O=C1NC2C(c3cccc(F)c3)NNN2C2CC(C(=O)N3CCN(c4ccccc4)CC3)CCC12. The molecule has 1 saturated carbocycles. The van der Waals surface area contributed by atoms with Crippen molar-refractivity contribution in [2.24, 2.45) is 11.8 Å². The van der Waals surface area contributed by atoms with Crippen molar-refractivity contribution in [1.29, 1.82) is 0 Å². The van der Waals surface area contributed by atoms with Crippen LogP contribution >= 0.6 is 0 Å². The summed E-state index contributed by atoms with van der Waals surface area (Å²) in [5.41, 5.74) is 8.40. The topological polar surface area (TPSA) is 79.9 Å². The Balaban J connectivity index is 1.12. The number of benzene rings is 2. The highest BCUT2D eigenvalue weighted by molar-refractivity contribution is 5.83. The molecule has 0 radical (unpaired) electrons. The van der Waals surface area contributed by atoms with Gasteiger partial charge in [-0.05, 0) is 49.1 Å². The minimum atomic E-state index is -0.339. The van der Waals surface area contributed by atoms with Crippen LogP contribution < -0.4 is 21.2 Å². The molecule has 1 aliphatic carbocycles. The van der Waals surface area contributed by atoms with E-state index < -0.39 is 0 Å². The first kappa shape index (κ1) is 22.5. The summed E-state index contributed by atoms with van der Waals surface area (Å²) in [6.45, 7) is 3.08. The van der Waals surface area contributed by atoms with Crippen molar-refractivity contribution in [2.45, 2.75) is 37.5 Å². The van der Waals surface area contributed by atoms with Gasteiger partial charge >= 0.3 is 0 Å². The molecule has 2 aromatic carbocycles. The average molecular weight is 479 g/mol. The van der Waals surface area contributed by atoms with Crippen LogP contribution in [-0.4, -0.2) is 60.1 Å². The molecule has 6 rings (SSSR count). The number of hydrogen-bond acceptors (Lipinski definition) is 6. The number of hydrogen-bond donors (Lipinski definition) is 3. The second-order valence-electron chi connectivity index (χ2n) is 9.98. The van der Waals surface area contributed by atoms with Crippen LogP contribution in [0.3, 0.4) is 0 Å². The van der Waals surface area contributed by atoms with E-state index in [1.54, 1.807) is 6.07 Å². The smallest absolute Gasteiger partial charge is 0.226 e. The molecule has 3 N–H and O–H groups in total. The molecule has 9 heteroatoms. The average Bonchev–Trinajstić information content (AvgIpc) is 3.33. The Bertz CT molecular complexity index is 1090. The van der Waals surface area contributed by atoms with Crippen LogP contribution in [0.15, 0.2) is 54.6 Å². The van der Waals surface area contributed by atoms with Gasteiger partial charge in [0.05, 0.1) is 12.0 Å². The zero-order chi connectivity index (χ0) is 23.9. The first-order valence-electron chi connectivity index (χ1n) is 12.5. The predicted molar refractivity (Wildman–Crippen MR) is 129 cm³/mol. The fourth-order valence-electron chi connectivity index (χ4n) is 6.18. The van der Waals surface area contributed by atoms with Crippen molar-refractivity contribution in [2.75, 3.05) is 31.1 Å². The Morgan fingerprint density at radius 2 is 1.77 bits per heavy atom. The molecule has 0 spiro atoms. The second-order valence-corrected chi connectivity index (χ2v) is 9.98. The van der Waals surface area contributed by atoms with Crippen LogP contribution in [0.1, 0.15) is 30.9 Å². The number of rotatable bonds is 3. The molecule has 8 nitrogen and oxygen atoms in total. The molecule has 4 fully saturated rings. The van der Waals surface area contributed by atoms with Gasteiger partial charge in [-0.3, -0.25) is 9.59 Å². The molecule has 3 saturated heterocycles. The molecule has 2 aromatic rings. The minimum absolute atomic E-state index is 0.0190. The van der Waals surface area contributed by atoms with Gasteiger partial charge in [0.2, 0.25) is 11.8 Å². The normalized spacial score (nSPS) is 31.0. The van der Waals surface area contributed by atoms with E-state index in [-0.39, 0.29) is 47.7 Å².